The highest BCUT2D eigenvalue weighted by Crippen LogP contribution is 2.27. The molecule has 1 atom stereocenters. The highest BCUT2D eigenvalue weighted by atomic mass is 79.9. The summed E-state index contributed by atoms with van der Waals surface area (Å²) in [7, 11) is 1.55. The first-order chi connectivity index (χ1) is 11.5. The fraction of sp³-hybridized carbons (Fsp3) is 0.278. The molecule has 2 aromatic rings. The van der Waals surface area contributed by atoms with E-state index in [1.807, 2.05) is 24.3 Å². The summed E-state index contributed by atoms with van der Waals surface area (Å²) in [6, 6.07) is 13.4. The van der Waals surface area contributed by atoms with Crippen molar-refractivity contribution in [1.82, 2.24) is 5.32 Å². The maximum Gasteiger partial charge on any atom is 0.238 e. The Morgan fingerprint density at radius 1 is 1.25 bits per heavy atom. The molecule has 0 bridgehead atoms. The van der Waals surface area contributed by atoms with E-state index in [1.54, 1.807) is 25.3 Å². The monoisotopic (exact) mass is 410 g/mol. The molecule has 0 heterocycles. The van der Waals surface area contributed by atoms with Crippen molar-refractivity contribution in [2.75, 3.05) is 19.0 Å². The number of ether oxygens (including phenoxy) is 1. The number of anilines is 1. The first-order valence-corrected chi connectivity index (χ1v) is 8.82. The number of hydrogen-bond acceptors (Lipinski definition) is 3. The molecule has 0 fully saturated rings. The first-order valence-electron chi connectivity index (χ1n) is 7.65. The van der Waals surface area contributed by atoms with Crippen molar-refractivity contribution in [2.45, 2.75) is 19.4 Å². The van der Waals surface area contributed by atoms with Crippen LogP contribution in [-0.2, 0) is 4.79 Å². The van der Waals surface area contributed by atoms with Crippen molar-refractivity contribution >= 4 is 39.1 Å². The lowest BCUT2D eigenvalue weighted by atomic mass is 10.0. The van der Waals surface area contributed by atoms with Gasteiger partial charge in [-0.25, -0.2) is 0 Å². The third kappa shape index (κ3) is 5.23. The lowest BCUT2D eigenvalue weighted by Gasteiger charge is -2.17. The molecule has 0 aliphatic carbocycles. The maximum atomic E-state index is 12.1. The molecule has 2 rings (SSSR count). The number of benzene rings is 2. The second-order valence-corrected chi connectivity index (χ2v) is 6.61. The third-order valence-electron chi connectivity index (χ3n) is 3.63. The molecule has 4 nitrogen and oxygen atoms in total. The fourth-order valence-corrected chi connectivity index (χ4v) is 2.88. The number of carbonyl (C=O) groups is 1. The molecule has 0 aliphatic rings. The van der Waals surface area contributed by atoms with E-state index in [-0.39, 0.29) is 18.5 Å². The van der Waals surface area contributed by atoms with Gasteiger partial charge in [-0.15, -0.1) is 0 Å². The van der Waals surface area contributed by atoms with Crippen LogP contribution in [-0.4, -0.2) is 19.6 Å². The molecule has 0 unspecified atom stereocenters. The largest absolute Gasteiger partial charge is 0.495 e. The average Bonchev–Trinajstić information content (AvgIpc) is 2.57. The van der Waals surface area contributed by atoms with Gasteiger partial charge < -0.3 is 15.4 Å². The second kappa shape index (κ2) is 9.06. The Balaban J connectivity index is 1.91. The van der Waals surface area contributed by atoms with Gasteiger partial charge in [0.15, 0.2) is 0 Å². The Bertz CT molecular complexity index is 692. The Morgan fingerprint density at radius 2 is 1.96 bits per heavy atom. The van der Waals surface area contributed by atoms with Gasteiger partial charge in [-0.3, -0.25) is 4.79 Å². The second-order valence-electron chi connectivity index (χ2n) is 5.29. The minimum absolute atomic E-state index is 0.119. The van der Waals surface area contributed by atoms with Crippen LogP contribution < -0.4 is 15.4 Å². The summed E-state index contributed by atoms with van der Waals surface area (Å²) >= 11 is 9.49. The number of rotatable bonds is 7. The van der Waals surface area contributed by atoms with Gasteiger partial charge in [0.25, 0.3) is 0 Å². The van der Waals surface area contributed by atoms with Gasteiger partial charge in [-0.1, -0.05) is 46.6 Å². The minimum atomic E-state index is -0.119. The maximum absolute atomic E-state index is 12.1. The van der Waals surface area contributed by atoms with Gasteiger partial charge in [0.1, 0.15) is 5.75 Å². The van der Waals surface area contributed by atoms with Crippen LogP contribution in [0, 0.1) is 0 Å². The summed E-state index contributed by atoms with van der Waals surface area (Å²) in [6.45, 7) is 2.30. The Hall–Kier alpha value is -1.56. The molecule has 0 saturated heterocycles. The van der Waals surface area contributed by atoms with Crippen molar-refractivity contribution in [3.63, 3.8) is 0 Å². The summed E-state index contributed by atoms with van der Waals surface area (Å²) in [6.07, 6.45) is 0.892. The van der Waals surface area contributed by atoms with Crippen LogP contribution in [0.1, 0.15) is 24.9 Å². The normalized spacial score (nSPS) is 11.8. The van der Waals surface area contributed by atoms with Crippen molar-refractivity contribution in [2.24, 2.45) is 0 Å². The van der Waals surface area contributed by atoms with Crippen molar-refractivity contribution in [3.05, 3.63) is 57.5 Å². The Labute approximate surface area is 155 Å². The Kier molecular flexibility index (Phi) is 7.09. The van der Waals surface area contributed by atoms with Crippen molar-refractivity contribution in [3.8, 4) is 5.75 Å². The van der Waals surface area contributed by atoms with E-state index in [4.69, 9.17) is 16.3 Å². The summed E-state index contributed by atoms with van der Waals surface area (Å²) in [5.41, 5.74) is 1.80. The van der Waals surface area contributed by atoms with E-state index >= 15 is 0 Å². The minimum Gasteiger partial charge on any atom is -0.495 e. The third-order valence-corrected chi connectivity index (χ3v) is 4.45. The lowest BCUT2D eigenvalue weighted by molar-refractivity contribution is -0.115. The van der Waals surface area contributed by atoms with Crippen LogP contribution >= 0.6 is 27.5 Å². The van der Waals surface area contributed by atoms with Crippen LogP contribution in [0.15, 0.2) is 46.9 Å². The first kappa shape index (κ1) is 18.8. The predicted octanol–water partition coefficient (Wildman–Crippen LogP) is 4.79. The number of nitrogens with one attached hydrogen (secondary N) is 2. The zero-order valence-corrected chi connectivity index (χ0v) is 15.9. The van der Waals surface area contributed by atoms with Gasteiger partial charge >= 0.3 is 0 Å². The molecule has 2 N–H and O–H groups in total. The molecule has 1 amide bonds. The highest BCUT2D eigenvalue weighted by Gasteiger charge is 2.11. The van der Waals surface area contributed by atoms with Crippen LogP contribution in [0.2, 0.25) is 5.02 Å². The quantitative estimate of drug-likeness (QED) is 0.688. The number of amides is 1. The van der Waals surface area contributed by atoms with Crippen molar-refractivity contribution < 1.29 is 9.53 Å². The van der Waals surface area contributed by atoms with Crippen LogP contribution in [0.4, 0.5) is 5.69 Å². The summed E-state index contributed by atoms with van der Waals surface area (Å²) in [4.78, 5) is 12.1. The number of methoxy groups -OCH3 is 1. The van der Waals surface area contributed by atoms with Gasteiger partial charge in [0.2, 0.25) is 5.91 Å². The lowest BCUT2D eigenvalue weighted by Crippen LogP contribution is -2.31. The van der Waals surface area contributed by atoms with E-state index in [2.05, 4.69) is 33.5 Å². The molecule has 6 heteroatoms. The number of carbonyl (C=O) groups excluding carboxylic acids is 1. The van der Waals surface area contributed by atoms with Gasteiger partial charge in [0.05, 0.1) is 18.7 Å². The predicted molar refractivity (Wildman–Crippen MR) is 102 cm³/mol. The molecular weight excluding hydrogens is 392 g/mol. The molecule has 0 aliphatic heterocycles. The molecule has 0 saturated carbocycles. The van der Waals surface area contributed by atoms with Gasteiger partial charge in [-0.05, 0) is 42.3 Å². The number of halogens is 2. The molecule has 128 valence electrons. The summed E-state index contributed by atoms with van der Waals surface area (Å²) in [5.74, 6) is 0.459. The van der Waals surface area contributed by atoms with E-state index in [0.29, 0.717) is 16.5 Å². The SMILES string of the molecule is CC[C@H](NCC(=O)Nc1ccc(OC)c(Cl)c1)c1ccc(Br)cc1. The molecule has 0 spiro atoms. The van der Waals surface area contributed by atoms with Gasteiger partial charge in [-0.2, -0.15) is 0 Å². The molecule has 0 radical (unpaired) electrons. The fourth-order valence-electron chi connectivity index (χ4n) is 2.36. The van der Waals surface area contributed by atoms with Crippen LogP contribution in [0.5, 0.6) is 5.75 Å². The molecule has 24 heavy (non-hydrogen) atoms. The Morgan fingerprint density at radius 3 is 2.54 bits per heavy atom. The average molecular weight is 412 g/mol. The van der Waals surface area contributed by atoms with E-state index in [9.17, 15) is 4.79 Å². The smallest absolute Gasteiger partial charge is 0.238 e. The summed E-state index contributed by atoms with van der Waals surface area (Å²) in [5, 5.41) is 6.57. The van der Waals surface area contributed by atoms with E-state index in [0.717, 1.165) is 16.5 Å². The van der Waals surface area contributed by atoms with Crippen molar-refractivity contribution in [1.29, 1.82) is 0 Å². The molecule has 2 aromatic carbocycles. The van der Waals surface area contributed by atoms with E-state index < -0.39 is 0 Å². The highest BCUT2D eigenvalue weighted by molar-refractivity contribution is 9.10. The molecular formula is C18H20BrClN2O2. The van der Waals surface area contributed by atoms with Crippen LogP contribution in [0.25, 0.3) is 0 Å². The van der Waals surface area contributed by atoms with E-state index in [1.165, 1.54) is 0 Å². The zero-order valence-electron chi connectivity index (χ0n) is 13.6. The number of hydrogen-bond donors (Lipinski definition) is 2. The molecule has 0 aromatic heterocycles. The van der Waals surface area contributed by atoms with Crippen LogP contribution in [0.3, 0.4) is 0 Å². The summed E-state index contributed by atoms with van der Waals surface area (Å²) < 4.78 is 6.13. The van der Waals surface area contributed by atoms with Gasteiger partial charge in [0, 0.05) is 16.2 Å². The topological polar surface area (TPSA) is 50.4 Å². The zero-order chi connectivity index (χ0) is 17.5. The standard InChI is InChI=1S/C18H20BrClN2O2/c1-3-16(12-4-6-13(19)7-5-12)21-11-18(23)22-14-8-9-17(24-2)15(20)10-14/h4-10,16,21H,3,11H2,1-2H3,(H,22,23)/t16-/m0/s1.